The highest BCUT2D eigenvalue weighted by molar-refractivity contribution is 8.33. The molecule has 0 N–H and O–H groups in total. The van der Waals surface area contributed by atoms with Crippen LogP contribution in [0.2, 0.25) is 0 Å². The van der Waals surface area contributed by atoms with Crippen molar-refractivity contribution in [2.75, 3.05) is 5.75 Å². The highest BCUT2D eigenvalue weighted by Crippen LogP contribution is 2.70. The zero-order valence-corrected chi connectivity index (χ0v) is 28.4. The Balaban J connectivity index is 2.27. The molecule has 3 aromatic carbocycles. The quantitative estimate of drug-likeness (QED) is 0.214. The van der Waals surface area contributed by atoms with Crippen molar-refractivity contribution in [1.29, 1.82) is 0 Å². The van der Waals surface area contributed by atoms with Crippen LogP contribution in [-0.4, -0.2) is 31.0 Å². The van der Waals surface area contributed by atoms with Crippen LogP contribution in [0, 0.1) is 0 Å². The molecule has 0 aliphatic heterocycles. The molecule has 0 amide bonds. The molecule has 0 heterocycles. The molecule has 42 heavy (non-hydrogen) atoms. The molecular weight excluding hydrogens is 569 g/mol. The molecule has 232 valence electrons. The van der Waals surface area contributed by atoms with Gasteiger partial charge in [0.25, 0.3) is 10.1 Å². The van der Waals surface area contributed by atoms with Gasteiger partial charge in [-0.1, -0.05) is 13.3 Å². The summed E-state index contributed by atoms with van der Waals surface area (Å²) in [5.74, 6) is 2.00. The van der Waals surface area contributed by atoms with Gasteiger partial charge >= 0.3 is 0 Å². The van der Waals surface area contributed by atoms with E-state index in [1.165, 1.54) is 0 Å². The summed E-state index contributed by atoms with van der Waals surface area (Å²) in [7, 11) is -6.68. The maximum absolute atomic E-state index is 13.6. The molecule has 0 atom stereocenters. The van der Waals surface area contributed by atoms with Crippen LogP contribution in [0.1, 0.15) is 82.1 Å². The molecule has 6 nitrogen and oxygen atoms in total. The zero-order valence-electron chi connectivity index (χ0n) is 26.8. The first kappa shape index (κ1) is 33.8. The normalized spacial score (nSPS) is 13.5. The van der Waals surface area contributed by atoms with Crippen molar-refractivity contribution in [3.63, 3.8) is 0 Å². The zero-order chi connectivity index (χ0) is 31.4. The SMILES string of the molecule is CCCCS(=O)(=O)OS(c1ccc(OC(C)(C)C)cc1)(c1ccc(OC(C)(C)C)cc1)c1ccc(OC(C)(C)C)cc1. The Morgan fingerprint density at radius 3 is 1.05 bits per heavy atom. The fourth-order valence-corrected chi connectivity index (χ4v) is 9.67. The molecule has 0 saturated heterocycles. The van der Waals surface area contributed by atoms with E-state index in [1.54, 1.807) is 0 Å². The van der Waals surface area contributed by atoms with Gasteiger partial charge in [0.1, 0.15) is 34.1 Å². The molecule has 0 unspecified atom stereocenters. The first-order chi connectivity index (χ1) is 19.3. The minimum atomic E-state index is -3.92. The van der Waals surface area contributed by atoms with Gasteiger partial charge in [0.05, 0.1) is 5.75 Å². The first-order valence-corrected chi connectivity index (χ1v) is 17.6. The lowest BCUT2D eigenvalue weighted by Gasteiger charge is -2.40. The van der Waals surface area contributed by atoms with Crippen molar-refractivity contribution in [2.45, 2.75) is 114 Å². The summed E-state index contributed by atoms with van der Waals surface area (Å²) < 4.78 is 51.9. The molecule has 3 aromatic rings. The number of benzene rings is 3. The minimum absolute atomic E-state index is 0.0695. The second-order valence-electron chi connectivity index (χ2n) is 13.3. The van der Waals surface area contributed by atoms with Crippen LogP contribution in [0.5, 0.6) is 17.2 Å². The molecule has 0 bridgehead atoms. The van der Waals surface area contributed by atoms with Gasteiger partial charge < -0.3 is 14.2 Å². The molecule has 0 fully saturated rings. The average Bonchev–Trinajstić information content (AvgIpc) is 2.85. The van der Waals surface area contributed by atoms with Crippen molar-refractivity contribution in [2.24, 2.45) is 0 Å². The molecule has 0 saturated carbocycles. The summed E-state index contributed by atoms with van der Waals surface area (Å²) >= 11 is 0. The molecule has 0 aliphatic carbocycles. The molecule has 8 heteroatoms. The Kier molecular flexibility index (Phi) is 10.4. The summed E-state index contributed by atoms with van der Waals surface area (Å²) in [5.41, 5.74) is -1.13. The van der Waals surface area contributed by atoms with Crippen LogP contribution in [-0.2, 0) is 13.7 Å². The lowest BCUT2D eigenvalue weighted by Crippen LogP contribution is -2.23. The molecule has 0 spiro atoms. The van der Waals surface area contributed by atoms with Crippen LogP contribution in [0.15, 0.2) is 87.5 Å². The van der Waals surface area contributed by atoms with Crippen LogP contribution in [0.3, 0.4) is 0 Å². The number of unbranched alkanes of at least 4 members (excludes halogenated alkanes) is 1. The van der Waals surface area contributed by atoms with Crippen LogP contribution in [0.4, 0.5) is 0 Å². The largest absolute Gasteiger partial charge is 0.488 e. The summed E-state index contributed by atoms with van der Waals surface area (Å²) in [6.07, 6.45) is 1.24. The van der Waals surface area contributed by atoms with Gasteiger partial charge in [-0.3, -0.25) is 0 Å². The molecule has 0 aliphatic rings. The standard InChI is InChI=1S/C34H48O6S2/c1-11-12-25-41(35,36)40-42(29-19-13-26(14-20-29)37-32(2,3)4,30-21-15-27(16-22-30)38-33(5,6)7)31-23-17-28(18-24-31)39-34(8,9)10/h13-24H,11-12,25H2,1-10H3. The monoisotopic (exact) mass is 616 g/mol. The van der Waals surface area contributed by atoms with Gasteiger partial charge in [-0.15, -0.1) is 0 Å². The second kappa shape index (κ2) is 12.9. The van der Waals surface area contributed by atoms with Gasteiger partial charge in [0.2, 0.25) is 0 Å². The van der Waals surface area contributed by atoms with Crippen molar-refractivity contribution in [3.8, 4) is 17.2 Å². The molecular formula is C34H48O6S2. The third kappa shape index (κ3) is 9.68. The van der Waals surface area contributed by atoms with Crippen molar-refractivity contribution in [3.05, 3.63) is 72.8 Å². The van der Waals surface area contributed by atoms with E-state index in [9.17, 15) is 8.42 Å². The van der Waals surface area contributed by atoms with Gasteiger partial charge in [0.15, 0.2) is 0 Å². The highest BCUT2D eigenvalue weighted by atomic mass is 32.3. The molecule has 0 radical (unpaired) electrons. The summed E-state index contributed by atoms with van der Waals surface area (Å²) in [6.45, 7) is 19.9. The lowest BCUT2D eigenvalue weighted by molar-refractivity contribution is 0.130. The van der Waals surface area contributed by atoms with Crippen LogP contribution >= 0.6 is 10.3 Å². The Morgan fingerprint density at radius 2 is 0.810 bits per heavy atom. The lowest BCUT2D eigenvalue weighted by atomic mass is 10.2. The summed E-state index contributed by atoms with van der Waals surface area (Å²) in [6, 6.07) is 22.7. The topological polar surface area (TPSA) is 71.1 Å². The number of hydrogen-bond acceptors (Lipinski definition) is 6. The van der Waals surface area contributed by atoms with Crippen LogP contribution < -0.4 is 14.2 Å². The predicted molar refractivity (Wildman–Crippen MR) is 173 cm³/mol. The van der Waals surface area contributed by atoms with Gasteiger partial charge in [-0.05, 0) is 152 Å². The third-order valence-electron chi connectivity index (χ3n) is 5.69. The van der Waals surface area contributed by atoms with E-state index in [2.05, 4.69) is 0 Å². The minimum Gasteiger partial charge on any atom is -0.488 e. The Morgan fingerprint density at radius 1 is 0.524 bits per heavy atom. The van der Waals surface area contributed by atoms with Gasteiger partial charge in [-0.25, -0.2) is 3.63 Å². The second-order valence-corrected chi connectivity index (χ2v) is 17.9. The van der Waals surface area contributed by atoms with E-state index in [-0.39, 0.29) is 22.6 Å². The number of rotatable bonds is 11. The van der Waals surface area contributed by atoms with E-state index in [4.69, 9.17) is 17.8 Å². The molecule has 0 aromatic heterocycles. The summed E-state index contributed by atoms with van der Waals surface area (Å²) in [5, 5.41) is 0. The summed E-state index contributed by atoms with van der Waals surface area (Å²) in [4.78, 5) is 2.20. The number of hydrogen-bond donors (Lipinski definition) is 0. The Bertz CT molecular complexity index is 1250. The van der Waals surface area contributed by atoms with Gasteiger partial charge in [0, 0.05) is 14.7 Å². The van der Waals surface area contributed by atoms with Crippen molar-refractivity contribution in [1.82, 2.24) is 0 Å². The van der Waals surface area contributed by atoms with E-state index >= 15 is 0 Å². The van der Waals surface area contributed by atoms with Crippen molar-refractivity contribution < 1.29 is 26.3 Å². The fourth-order valence-electron chi connectivity index (χ4n) is 4.20. The highest BCUT2D eigenvalue weighted by Gasteiger charge is 2.38. The molecule has 3 rings (SSSR count). The number of ether oxygens (including phenoxy) is 3. The van der Waals surface area contributed by atoms with Crippen LogP contribution in [0.25, 0.3) is 0 Å². The fraction of sp³-hybridized carbons (Fsp3) is 0.471. The predicted octanol–water partition coefficient (Wildman–Crippen LogP) is 9.56. The Labute approximate surface area is 255 Å². The van der Waals surface area contributed by atoms with Crippen molar-refractivity contribution >= 4 is 20.4 Å². The average molecular weight is 617 g/mol. The smallest absolute Gasteiger partial charge is 0.277 e. The van der Waals surface area contributed by atoms with E-state index in [1.807, 2.05) is 142 Å². The maximum atomic E-state index is 13.6. The van der Waals surface area contributed by atoms with Gasteiger partial charge in [-0.2, -0.15) is 8.42 Å². The van der Waals surface area contributed by atoms with E-state index in [0.29, 0.717) is 23.7 Å². The van der Waals surface area contributed by atoms with E-state index in [0.717, 1.165) is 21.1 Å². The van der Waals surface area contributed by atoms with E-state index < -0.39 is 20.4 Å². The third-order valence-corrected chi connectivity index (χ3v) is 10.9. The first-order valence-electron chi connectivity index (χ1n) is 14.5. The Hall–Kier alpha value is -2.68. The maximum Gasteiger partial charge on any atom is 0.277 e.